The molecule has 2 saturated heterocycles. The summed E-state index contributed by atoms with van der Waals surface area (Å²) in [6.45, 7) is 2.19. The Morgan fingerprint density at radius 3 is 2.67 bits per heavy atom. The molecule has 0 spiro atoms. The van der Waals surface area contributed by atoms with E-state index in [1.807, 2.05) is 22.6 Å². The first-order valence-corrected chi connectivity index (χ1v) is 13.4. The number of pyridine rings is 1. The molecule has 2 unspecified atom stereocenters. The third-order valence-corrected chi connectivity index (χ3v) is 8.22. The van der Waals surface area contributed by atoms with Gasteiger partial charge in [0.25, 0.3) is 5.91 Å². The molecule has 0 radical (unpaired) electrons. The van der Waals surface area contributed by atoms with Crippen LogP contribution in [-0.4, -0.2) is 54.7 Å². The van der Waals surface area contributed by atoms with Crippen LogP contribution in [0.1, 0.15) is 58.8 Å². The number of carbonyl (C=O) groups excluding carboxylic acids is 3. The minimum atomic E-state index is -0.628. The van der Waals surface area contributed by atoms with Crippen molar-refractivity contribution in [2.45, 2.75) is 50.9 Å². The molecule has 9 heteroatoms. The number of benzene rings is 2. The SMILES string of the molecule is O=C1CCC(N2Cc3cc(-c4cc(CN5CCCC5c5ccccc5)cc5nncn45)ccc3C2=O)C(=O)N1. The number of amides is 3. The molecule has 3 aliphatic heterocycles. The average Bonchev–Trinajstić information content (AvgIpc) is 3.68. The number of nitrogens with one attached hydrogen (secondary N) is 1. The number of imide groups is 1. The van der Waals surface area contributed by atoms with Gasteiger partial charge < -0.3 is 4.90 Å². The van der Waals surface area contributed by atoms with Crippen molar-refractivity contribution < 1.29 is 14.4 Å². The smallest absolute Gasteiger partial charge is 0.255 e. The van der Waals surface area contributed by atoms with E-state index in [0.717, 1.165) is 47.5 Å². The predicted molar refractivity (Wildman–Crippen MR) is 143 cm³/mol. The van der Waals surface area contributed by atoms with E-state index in [1.54, 1.807) is 11.2 Å². The van der Waals surface area contributed by atoms with Crippen LogP contribution in [0.3, 0.4) is 0 Å². The minimum absolute atomic E-state index is 0.171. The zero-order valence-electron chi connectivity index (χ0n) is 21.4. The monoisotopic (exact) mass is 520 g/mol. The lowest BCUT2D eigenvalue weighted by molar-refractivity contribution is -0.136. The number of carbonyl (C=O) groups is 3. The maximum absolute atomic E-state index is 13.2. The van der Waals surface area contributed by atoms with Crippen molar-refractivity contribution >= 4 is 23.4 Å². The number of hydrogen-bond donors (Lipinski definition) is 1. The van der Waals surface area contributed by atoms with Gasteiger partial charge in [-0.1, -0.05) is 36.4 Å². The van der Waals surface area contributed by atoms with Crippen molar-refractivity contribution in [1.29, 1.82) is 0 Å². The second-order valence-corrected chi connectivity index (χ2v) is 10.6. The lowest BCUT2D eigenvalue weighted by atomic mass is 10.0. The summed E-state index contributed by atoms with van der Waals surface area (Å²) in [4.78, 5) is 41.3. The first kappa shape index (κ1) is 23.7. The molecule has 7 rings (SSSR count). The molecule has 196 valence electrons. The lowest BCUT2D eigenvalue weighted by Crippen LogP contribution is -2.52. The van der Waals surface area contributed by atoms with Gasteiger partial charge in [-0.15, -0.1) is 10.2 Å². The highest BCUT2D eigenvalue weighted by Crippen LogP contribution is 2.35. The van der Waals surface area contributed by atoms with E-state index < -0.39 is 11.9 Å². The molecule has 2 fully saturated rings. The zero-order valence-corrected chi connectivity index (χ0v) is 21.4. The van der Waals surface area contributed by atoms with E-state index >= 15 is 0 Å². The summed E-state index contributed by atoms with van der Waals surface area (Å²) in [5, 5.41) is 10.9. The molecule has 4 aromatic rings. The van der Waals surface area contributed by atoms with E-state index in [-0.39, 0.29) is 18.2 Å². The van der Waals surface area contributed by atoms with Gasteiger partial charge in [0.1, 0.15) is 12.4 Å². The number of fused-ring (bicyclic) bond motifs is 2. The molecule has 9 nitrogen and oxygen atoms in total. The highest BCUT2D eigenvalue weighted by atomic mass is 16.2. The first-order chi connectivity index (χ1) is 19.0. The van der Waals surface area contributed by atoms with E-state index in [2.05, 4.69) is 62.9 Å². The Bertz CT molecular complexity index is 1610. The standard InChI is InChI=1S/C30H28N6O3/c37-28-11-10-25(29(38)32-28)35-17-22-15-21(8-9-23(22)30(35)39)26-13-19(14-27-33-31-18-36(26)27)16-34-12-4-7-24(34)20-5-2-1-3-6-20/h1-3,5-6,8-9,13-15,18,24-25H,4,7,10-12,16-17H2,(H,32,37,38). The number of likely N-dealkylation sites (tertiary alicyclic amines) is 1. The van der Waals surface area contributed by atoms with Gasteiger partial charge in [0, 0.05) is 31.1 Å². The van der Waals surface area contributed by atoms with Crippen molar-refractivity contribution in [2.24, 2.45) is 0 Å². The number of nitrogens with zero attached hydrogens (tertiary/aromatic N) is 5. The first-order valence-electron chi connectivity index (χ1n) is 13.4. The van der Waals surface area contributed by atoms with Crippen molar-refractivity contribution in [2.75, 3.05) is 6.54 Å². The topological polar surface area (TPSA) is 99.9 Å². The molecule has 0 saturated carbocycles. The minimum Gasteiger partial charge on any atom is -0.322 e. The summed E-state index contributed by atoms with van der Waals surface area (Å²) in [5.74, 6) is -0.859. The summed E-state index contributed by atoms with van der Waals surface area (Å²) in [5.41, 5.74) is 6.68. The fourth-order valence-corrected chi connectivity index (χ4v) is 6.33. The second-order valence-electron chi connectivity index (χ2n) is 10.6. The van der Waals surface area contributed by atoms with Crippen LogP contribution in [0.5, 0.6) is 0 Å². The van der Waals surface area contributed by atoms with Crippen LogP contribution >= 0.6 is 0 Å². The Morgan fingerprint density at radius 1 is 0.949 bits per heavy atom. The molecule has 39 heavy (non-hydrogen) atoms. The van der Waals surface area contributed by atoms with Crippen LogP contribution < -0.4 is 5.32 Å². The Morgan fingerprint density at radius 2 is 1.82 bits per heavy atom. The molecule has 2 aromatic heterocycles. The molecule has 0 bridgehead atoms. The van der Waals surface area contributed by atoms with Gasteiger partial charge in [-0.05, 0) is 72.3 Å². The third-order valence-electron chi connectivity index (χ3n) is 8.22. The van der Waals surface area contributed by atoms with Gasteiger partial charge in [0.2, 0.25) is 11.8 Å². The van der Waals surface area contributed by atoms with Gasteiger partial charge in [0.15, 0.2) is 5.65 Å². The van der Waals surface area contributed by atoms with Crippen LogP contribution in [0.25, 0.3) is 16.9 Å². The Labute approximate surface area is 225 Å². The van der Waals surface area contributed by atoms with Crippen molar-refractivity contribution in [1.82, 2.24) is 29.7 Å². The van der Waals surface area contributed by atoms with Crippen LogP contribution in [0.15, 0.2) is 67.0 Å². The highest BCUT2D eigenvalue weighted by molar-refractivity contribution is 6.05. The summed E-state index contributed by atoms with van der Waals surface area (Å²) in [6.07, 6.45) is 4.61. The molecule has 1 N–H and O–H groups in total. The largest absolute Gasteiger partial charge is 0.322 e. The Balaban J connectivity index is 1.19. The van der Waals surface area contributed by atoms with Gasteiger partial charge in [-0.3, -0.25) is 29.0 Å². The number of hydrogen-bond acceptors (Lipinski definition) is 6. The molecular weight excluding hydrogens is 492 g/mol. The summed E-state index contributed by atoms with van der Waals surface area (Å²) in [6, 6.07) is 20.6. The van der Waals surface area contributed by atoms with Gasteiger partial charge in [-0.25, -0.2) is 0 Å². The summed E-state index contributed by atoms with van der Waals surface area (Å²) >= 11 is 0. The average molecular weight is 521 g/mol. The number of aromatic nitrogens is 3. The van der Waals surface area contributed by atoms with Gasteiger partial charge in [0.05, 0.1) is 5.69 Å². The number of rotatable bonds is 5. The summed E-state index contributed by atoms with van der Waals surface area (Å²) < 4.78 is 1.97. The van der Waals surface area contributed by atoms with E-state index in [0.29, 0.717) is 24.6 Å². The Kier molecular flexibility index (Phi) is 5.73. The second kappa shape index (κ2) is 9.43. The molecule has 2 atom stereocenters. The Hall–Kier alpha value is -4.37. The van der Waals surface area contributed by atoms with E-state index in [9.17, 15) is 14.4 Å². The lowest BCUT2D eigenvalue weighted by Gasteiger charge is -2.29. The van der Waals surface area contributed by atoms with Crippen molar-refractivity contribution in [3.63, 3.8) is 0 Å². The fourth-order valence-electron chi connectivity index (χ4n) is 6.33. The van der Waals surface area contributed by atoms with Gasteiger partial charge in [-0.2, -0.15) is 0 Å². The van der Waals surface area contributed by atoms with Crippen molar-refractivity contribution in [3.8, 4) is 11.3 Å². The highest BCUT2D eigenvalue weighted by Gasteiger charge is 2.39. The van der Waals surface area contributed by atoms with Crippen LogP contribution in [0, 0.1) is 0 Å². The molecule has 0 aliphatic carbocycles. The molecular formula is C30H28N6O3. The van der Waals surface area contributed by atoms with Crippen LogP contribution in [0.2, 0.25) is 0 Å². The summed E-state index contributed by atoms with van der Waals surface area (Å²) in [7, 11) is 0. The normalized spacial score (nSPS) is 21.5. The third kappa shape index (κ3) is 4.19. The maximum atomic E-state index is 13.2. The van der Waals surface area contributed by atoms with Crippen LogP contribution in [0.4, 0.5) is 0 Å². The quantitative estimate of drug-likeness (QED) is 0.405. The van der Waals surface area contributed by atoms with Gasteiger partial charge >= 0.3 is 0 Å². The molecule has 2 aromatic carbocycles. The maximum Gasteiger partial charge on any atom is 0.255 e. The molecule has 3 amide bonds. The zero-order chi connectivity index (χ0) is 26.5. The molecule has 3 aliphatic rings. The van der Waals surface area contributed by atoms with E-state index in [1.165, 1.54) is 12.0 Å². The molecule has 5 heterocycles. The van der Waals surface area contributed by atoms with Crippen LogP contribution in [-0.2, 0) is 22.7 Å². The number of piperidine rings is 1. The predicted octanol–water partition coefficient (Wildman–Crippen LogP) is 3.49. The fraction of sp³-hybridized carbons (Fsp3) is 0.300. The van der Waals surface area contributed by atoms with E-state index in [4.69, 9.17) is 0 Å². The van der Waals surface area contributed by atoms with Crippen molar-refractivity contribution in [3.05, 3.63) is 89.2 Å².